The van der Waals surface area contributed by atoms with Gasteiger partial charge in [-0.1, -0.05) is 78.9 Å². The van der Waals surface area contributed by atoms with E-state index in [2.05, 4.69) is 50.1 Å². The van der Waals surface area contributed by atoms with E-state index in [1.165, 1.54) is 11.0 Å². The molecule has 0 spiro atoms. The zero-order valence-corrected chi connectivity index (χ0v) is 18.0. The van der Waals surface area contributed by atoms with Gasteiger partial charge >= 0.3 is 0 Å². The second-order valence-electron chi connectivity index (χ2n) is 7.99. The molecule has 2 heterocycles. The molecule has 7 nitrogen and oxygen atoms in total. The van der Waals surface area contributed by atoms with Crippen LogP contribution in [0.25, 0.3) is 10.9 Å². The summed E-state index contributed by atoms with van der Waals surface area (Å²) >= 11 is 0. The molecule has 33 heavy (non-hydrogen) atoms. The summed E-state index contributed by atoms with van der Waals surface area (Å²) in [5.41, 5.74) is 4.42. The molecule has 164 valence electrons. The van der Waals surface area contributed by atoms with Crippen molar-refractivity contribution in [3.63, 3.8) is 0 Å². The standard InChI is InChI=1S/C26H24N6O/c33-26(25(32-18-29-30-31-32)15-19-9-3-1-4-10-19)28-16-22(20-11-5-2-6-12-20)23-17-27-24-14-8-7-13-21(23)24/h1-14,17-18,22,25,27H,15-16H2,(H,28,33)/t22-,25-/m1/s1. The van der Waals surface area contributed by atoms with Gasteiger partial charge in [0.2, 0.25) is 5.91 Å². The third-order valence-corrected chi connectivity index (χ3v) is 5.94. The van der Waals surface area contributed by atoms with Crippen molar-refractivity contribution in [1.29, 1.82) is 0 Å². The number of hydrogen-bond donors (Lipinski definition) is 2. The SMILES string of the molecule is O=C(NC[C@H](c1ccccc1)c1c[nH]c2ccccc12)[C@@H](Cc1ccccc1)n1cnnn1. The van der Waals surface area contributed by atoms with Gasteiger partial charge in [0, 0.05) is 36.0 Å². The summed E-state index contributed by atoms with van der Waals surface area (Å²) in [7, 11) is 0. The fourth-order valence-corrected chi connectivity index (χ4v) is 4.25. The lowest BCUT2D eigenvalue weighted by atomic mass is 9.90. The average Bonchev–Trinajstić information content (AvgIpc) is 3.55. The van der Waals surface area contributed by atoms with Crippen LogP contribution in [-0.4, -0.2) is 37.6 Å². The number of fused-ring (bicyclic) bond motifs is 1. The number of benzene rings is 3. The van der Waals surface area contributed by atoms with E-state index < -0.39 is 6.04 Å². The first-order valence-electron chi connectivity index (χ1n) is 10.9. The van der Waals surface area contributed by atoms with Crippen LogP contribution in [0, 0.1) is 0 Å². The molecule has 0 aliphatic heterocycles. The number of carbonyl (C=O) groups excluding carboxylic acids is 1. The topological polar surface area (TPSA) is 88.5 Å². The van der Waals surface area contributed by atoms with Crippen molar-refractivity contribution in [3.8, 4) is 0 Å². The van der Waals surface area contributed by atoms with E-state index in [1.54, 1.807) is 0 Å². The number of aromatic amines is 1. The van der Waals surface area contributed by atoms with Crippen molar-refractivity contribution in [3.05, 3.63) is 114 Å². The number of H-pyrrole nitrogens is 1. The molecule has 2 atom stereocenters. The molecule has 5 rings (SSSR count). The maximum atomic E-state index is 13.4. The van der Waals surface area contributed by atoms with Crippen LogP contribution in [0.1, 0.15) is 28.7 Å². The molecule has 0 aliphatic rings. The maximum Gasteiger partial charge on any atom is 0.245 e. The first kappa shape index (κ1) is 20.6. The summed E-state index contributed by atoms with van der Waals surface area (Å²) in [6.45, 7) is 0.456. The van der Waals surface area contributed by atoms with Gasteiger partial charge in [0.15, 0.2) is 0 Å². The van der Waals surface area contributed by atoms with Gasteiger partial charge in [-0.3, -0.25) is 4.79 Å². The second-order valence-corrected chi connectivity index (χ2v) is 7.99. The van der Waals surface area contributed by atoms with E-state index in [-0.39, 0.29) is 11.8 Å². The van der Waals surface area contributed by atoms with Crippen LogP contribution in [0.4, 0.5) is 0 Å². The van der Waals surface area contributed by atoms with Crippen LogP contribution >= 0.6 is 0 Å². The molecule has 3 aromatic carbocycles. The maximum absolute atomic E-state index is 13.4. The largest absolute Gasteiger partial charge is 0.361 e. The molecular weight excluding hydrogens is 412 g/mol. The zero-order valence-electron chi connectivity index (χ0n) is 18.0. The van der Waals surface area contributed by atoms with Crippen LogP contribution in [0.2, 0.25) is 0 Å². The summed E-state index contributed by atoms with van der Waals surface area (Å²) < 4.78 is 1.52. The molecule has 0 unspecified atom stereocenters. The van der Waals surface area contributed by atoms with Crippen LogP contribution < -0.4 is 5.32 Å². The number of para-hydroxylation sites is 1. The number of hydrogen-bond acceptors (Lipinski definition) is 4. The minimum absolute atomic E-state index is 0.00227. The Hall–Kier alpha value is -4.26. The molecule has 0 saturated heterocycles. The first-order chi connectivity index (χ1) is 16.3. The molecule has 2 N–H and O–H groups in total. The number of amides is 1. The van der Waals surface area contributed by atoms with Gasteiger partial charge in [-0.2, -0.15) is 0 Å². The summed E-state index contributed by atoms with van der Waals surface area (Å²) in [5, 5.41) is 15.8. The molecule has 0 fully saturated rings. The van der Waals surface area contributed by atoms with Crippen molar-refractivity contribution < 1.29 is 4.79 Å². The van der Waals surface area contributed by atoms with E-state index in [0.29, 0.717) is 13.0 Å². The fourth-order valence-electron chi connectivity index (χ4n) is 4.25. The predicted octanol–water partition coefficient (Wildman–Crippen LogP) is 3.89. The summed E-state index contributed by atoms with van der Waals surface area (Å²) in [4.78, 5) is 16.7. The minimum Gasteiger partial charge on any atom is -0.361 e. The minimum atomic E-state index is -0.540. The predicted molar refractivity (Wildman–Crippen MR) is 127 cm³/mol. The first-order valence-corrected chi connectivity index (χ1v) is 10.9. The molecule has 0 saturated carbocycles. The number of carbonyl (C=O) groups is 1. The normalized spacial score (nSPS) is 13.0. The Labute approximate surface area is 191 Å². The number of aromatic nitrogens is 5. The van der Waals surface area contributed by atoms with Gasteiger partial charge in [0.25, 0.3) is 0 Å². The van der Waals surface area contributed by atoms with Crippen molar-refractivity contribution in [2.75, 3.05) is 6.54 Å². The van der Waals surface area contributed by atoms with Gasteiger partial charge in [0.05, 0.1) is 0 Å². The van der Waals surface area contributed by atoms with Crippen molar-refractivity contribution >= 4 is 16.8 Å². The third kappa shape index (κ3) is 4.52. The molecule has 0 bridgehead atoms. The van der Waals surface area contributed by atoms with Gasteiger partial charge in [-0.15, -0.1) is 5.10 Å². The quantitative estimate of drug-likeness (QED) is 0.386. The lowest BCUT2D eigenvalue weighted by Gasteiger charge is -2.21. The summed E-state index contributed by atoms with van der Waals surface area (Å²) in [6.07, 6.45) is 4.03. The van der Waals surface area contributed by atoms with Crippen LogP contribution in [0.5, 0.6) is 0 Å². The lowest BCUT2D eigenvalue weighted by Crippen LogP contribution is -2.36. The molecule has 5 aromatic rings. The molecule has 2 aromatic heterocycles. The molecule has 7 heteroatoms. The molecule has 1 amide bonds. The highest BCUT2D eigenvalue weighted by molar-refractivity contribution is 5.84. The summed E-state index contributed by atoms with van der Waals surface area (Å²) in [5.74, 6) is -0.121. The second kappa shape index (κ2) is 9.48. The number of rotatable bonds is 8. The lowest BCUT2D eigenvalue weighted by molar-refractivity contribution is -0.124. The highest BCUT2D eigenvalue weighted by Gasteiger charge is 2.25. The van der Waals surface area contributed by atoms with Crippen molar-refractivity contribution in [2.24, 2.45) is 0 Å². The van der Waals surface area contributed by atoms with Crippen LogP contribution in [-0.2, 0) is 11.2 Å². The number of nitrogens with one attached hydrogen (secondary N) is 2. The van der Waals surface area contributed by atoms with Gasteiger partial charge < -0.3 is 10.3 Å². The Balaban J connectivity index is 1.41. The van der Waals surface area contributed by atoms with E-state index in [1.807, 2.05) is 66.9 Å². The van der Waals surface area contributed by atoms with Crippen molar-refractivity contribution in [2.45, 2.75) is 18.4 Å². The Bertz CT molecular complexity index is 1310. The van der Waals surface area contributed by atoms with Crippen molar-refractivity contribution in [1.82, 2.24) is 30.5 Å². The van der Waals surface area contributed by atoms with E-state index in [9.17, 15) is 4.79 Å². The van der Waals surface area contributed by atoms with E-state index >= 15 is 0 Å². The Morgan fingerprint density at radius 2 is 1.67 bits per heavy atom. The van der Waals surface area contributed by atoms with Crippen LogP contribution in [0.3, 0.4) is 0 Å². The number of nitrogens with zero attached hydrogens (tertiary/aromatic N) is 4. The van der Waals surface area contributed by atoms with Crippen LogP contribution in [0.15, 0.2) is 97.5 Å². The molecule has 0 aliphatic carbocycles. The van der Waals surface area contributed by atoms with E-state index in [0.717, 1.165) is 27.6 Å². The molecular formula is C26H24N6O. The molecule has 0 radical (unpaired) electrons. The third-order valence-electron chi connectivity index (χ3n) is 5.94. The Morgan fingerprint density at radius 3 is 2.42 bits per heavy atom. The fraction of sp³-hybridized carbons (Fsp3) is 0.154. The highest BCUT2D eigenvalue weighted by atomic mass is 16.2. The van der Waals surface area contributed by atoms with Gasteiger partial charge in [-0.05, 0) is 33.2 Å². The highest BCUT2D eigenvalue weighted by Crippen LogP contribution is 2.30. The Kier molecular flexibility index (Phi) is 5.93. The monoisotopic (exact) mass is 436 g/mol. The number of tetrazole rings is 1. The smallest absolute Gasteiger partial charge is 0.245 e. The average molecular weight is 437 g/mol. The zero-order chi connectivity index (χ0) is 22.5. The van der Waals surface area contributed by atoms with Gasteiger partial charge in [0.1, 0.15) is 12.4 Å². The van der Waals surface area contributed by atoms with Gasteiger partial charge in [-0.25, -0.2) is 4.68 Å². The Morgan fingerprint density at radius 1 is 0.939 bits per heavy atom. The van der Waals surface area contributed by atoms with E-state index in [4.69, 9.17) is 0 Å². The summed E-state index contributed by atoms with van der Waals surface area (Å²) in [6, 6.07) is 27.8.